The van der Waals surface area contributed by atoms with Gasteiger partial charge in [-0.1, -0.05) is 11.6 Å². The summed E-state index contributed by atoms with van der Waals surface area (Å²) in [7, 11) is 2.15. The van der Waals surface area contributed by atoms with Crippen molar-refractivity contribution in [2.24, 2.45) is 5.73 Å². The van der Waals surface area contributed by atoms with Crippen molar-refractivity contribution in [3.8, 4) is 0 Å². The molecule has 0 amide bonds. The van der Waals surface area contributed by atoms with Crippen LogP contribution in [0.5, 0.6) is 0 Å². The van der Waals surface area contributed by atoms with Gasteiger partial charge in [0.05, 0.1) is 5.02 Å². The lowest BCUT2D eigenvalue weighted by Crippen LogP contribution is -2.29. The number of nitrogens with zero attached hydrogens (tertiary/aromatic N) is 3. The Balaban J connectivity index is 2.15. The van der Waals surface area contributed by atoms with Crippen LogP contribution >= 0.6 is 11.6 Å². The maximum Gasteiger partial charge on any atom is 0.147 e. The highest BCUT2D eigenvalue weighted by Gasteiger charge is 2.16. The molecule has 0 bridgehead atoms. The Morgan fingerprint density at radius 1 is 1.35 bits per heavy atom. The van der Waals surface area contributed by atoms with Gasteiger partial charge in [-0.25, -0.2) is 4.98 Å². The Labute approximate surface area is 107 Å². The van der Waals surface area contributed by atoms with Gasteiger partial charge in [0.1, 0.15) is 5.82 Å². The van der Waals surface area contributed by atoms with E-state index in [0.29, 0.717) is 11.6 Å². The van der Waals surface area contributed by atoms with Crippen LogP contribution in [0, 0.1) is 0 Å². The zero-order chi connectivity index (χ0) is 12.3. The highest BCUT2D eigenvalue weighted by atomic mass is 35.5. The number of rotatable bonds is 2. The molecule has 2 heterocycles. The summed E-state index contributed by atoms with van der Waals surface area (Å²) in [6.45, 7) is 4.66. The molecule has 94 valence electrons. The lowest BCUT2D eigenvalue weighted by atomic mass is 10.2. The Bertz CT molecular complexity index is 383. The molecule has 0 atom stereocenters. The quantitative estimate of drug-likeness (QED) is 0.865. The van der Waals surface area contributed by atoms with E-state index in [2.05, 4.69) is 21.8 Å². The third-order valence-corrected chi connectivity index (χ3v) is 3.41. The molecule has 0 aliphatic carbocycles. The first kappa shape index (κ1) is 12.6. The molecule has 2 N–H and O–H groups in total. The first-order chi connectivity index (χ1) is 8.20. The van der Waals surface area contributed by atoms with Gasteiger partial charge in [0.15, 0.2) is 0 Å². The van der Waals surface area contributed by atoms with Gasteiger partial charge in [0.2, 0.25) is 0 Å². The summed E-state index contributed by atoms with van der Waals surface area (Å²) in [6, 6.07) is 1.92. The minimum absolute atomic E-state index is 0.482. The van der Waals surface area contributed by atoms with Crippen LogP contribution in [0.3, 0.4) is 0 Å². The summed E-state index contributed by atoms with van der Waals surface area (Å²) in [6.07, 6.45) is 2.96. The monoisotopic (exact) mass is 254 g/mol. The second-order valence-corrected chi connectivity index (χ2v) is 4.90. The topological polar surface area (TPSA) is 45.4 Å². The molecule has 0 spiro atoms. The van der Waals surface area contributed by atoms with E-state index in [-0.39, 0.29) is 0 Å². The molecule has 1 aliphatic heterocycles. The first-order valence-corrected chi connectivity index (χ1v) is 6.36. The van der Waals surface area contributed by atoms with Crippen LogP contribution in [0.2, 0.25) is 5.02 Å². The van der Waals surface area contributed by atoms with Crippen molar-refractivity contribution in [3.63, 3.8) is 0 Å². The zero-order valence-electron chi connectivity index (χ0n) is 10.2. The van der Waals surface area contributed by atoms with Gasteiger partial charge in [0, 0.05) is 32.4 Å². The predicted octanol–water partition coefficient (Wildman–Crippen LogP) is 1.34. The number of hydrogen-bond donors (Lipinski definition) is 1. The van der Waals surface area contributed by atoms with Crippen molar-refractivity contribution < 1.29 is 0 Å². The van der Waals surface area contributed by atoms with E-state index in [1.807, 2.05) is 12.3 Å². The third kappa shape index (κ3) is 3.09. The first-order valence-electron chi connectivity index (χ1n) is 5.98. The number of aromatic nitrogens is 1. The molecule has 0 aromatic carbocycles. The lowest BCUT2D eigenvalue weighted by Gasteiger charge is -2.22. The summed E-state index contributed by atoms with van der Waals surface area (Å²) >= 11 is 6.26. The molecule has 2 rings (SSSR count). The number of pyridine rings is 1. The lowest BCUT2D eigenvalue weighted by molar-refractivity contribution is 0.360. The van der Waals surface area contributed by atoms with Crippen LogP contribution in [-0.2, 0) is 6.54 Å². The van der Waals surface area contributed by atoms with Gasteiger partial charge in [-0.2, -0.15) is 0 Å². The molecule has 0 saturated carbocycles. The molecular formula is C12H19ClN4. The number of nitrogens with two attached hydrogens (primary N) is 1. The molecule has 17 heavy (non-hydrogen) atoms. The highest BCUT2D eigenvalue weighted by molar-refractivity contribution is 6.33. The van der Waals surface area contributed by atoms with Gasteiger partial charge in [0.25, 0.3) is 0 Å². The largest absolute Gasteiger partial charge is 0.354 e. The number of anilines is 1. The molecule has 0 radical (unpaired) electrons. The van der Waals surface area contributed by atoms with E-state index in [1.165, 1.54) is 0 Å². The Kier molecular flexibility index (Phi) is 4.20. The average Bonchev–Trinajstić information content (AvgIpc) is 2.54. The van der Waals surface area contributed by atoms with Gasteiger partial charge in [-0.05, 0) is 31.6 Å². The van der Waals surface area contributed by atoms with Crippen LogP contribution < -0.4 is 10.6 Å². The van der Waals surface area contributed by atoms with Crippen molar-refractivity contribution in [2.75, 3.05) is 38.1 Å². The Morgan fingerprint density at radius 2 is 2.18 bits per heavy atom. The molecule has 1 saturated heterocycles. The Hall–Kier alpha value is -0.840. The molecular weight excluding hydrogens is 236 g/mol. The van der Waals surface area contributed by atoms with Crippen molar-refractivity contribution in [1.82, 2.24) is 9.88 Å². The third-order valence-electron chi connectivity index (χ3n) is 3.13. The molecule has 5 heteroatoms. The normalized spacial score (nSPS) is 18.2. The fourth-order valence-electron chi connectivity index (χ4n) is 2.07. The van der Waals surface area contributed by atoms with Crippen LogP contribution in [0.25, 0.3) is 0 Å². The maximum absolute atomic E-state index is 6.26. The molecule has 1 aromatic rings. The van der Waals surface area contributed by atoms with E-state index in [9.17, 15) is 0 Å². The molecule has 4 nitrogen and oxygen atoms in total. The van der Waals surface area contributed by atoms with Crippen molar-refractivity contribution in [1.29, 1.82) is 0 Å². The van der Waals surface area contributed by atoms with Crippen LogP contribution in [-0.4, -0.2) is 43.1 Å². The molecule has 1 aliphatic rings. The minimum Gasteiger partial charge on any atom is -0.354 e. The molecule has 1 fully saturated rings. The summed E-state index contributed by atoms with van der Waals surface area (Å²) in [5.74, 6) is 0.888. The smallest absolute Gasteiger partial charge is 0.147 e. The fourth-order valence-corrected chi connectivity index (χ4v) is 2.38. The minimum atomic E-state index is 0.482. The number of hydrogen-bond acceptors (Lipinski definition) is 4. The molecule has 1 aromatic heterocycles. The van der Waals surface area contributed by atoms with Gasteiger partial charge in [-0.3, -0.25) is 0 Å². The fraction of sp³-hybridized carbons (Fsp3) is 0.583. The SMILES string of the molecule is CN1CCCN(c2ncc(CN)cc2Cl)CC1. The van der Waals surface area contributed by atoms with E-state index in [4.69, 9.17) is 17.3 Å². The molecule has 0 unspecified atom stereocenters. The van der Waals surface area contributed by atoms with Gasteiger partial charge >= 0.3 is 0 Å². The van der Waals surface area contributed by atoms with E-state index < -0.39 is 0 Å². The van der Waals surface area contributed by atoms with Crippen molar-refractivity contribution in [2.45, 2.75) is 13.0 Å². The van der Waals surface area contributed by atoms with Crippen LogP contribution in [0.15, 0.2) is 12.3 Å². The average molecular weight is 255 g/mol. The Morgan fingerprint density at radius 3 is 2.88 bits per heavy atom. The summed E-state index contributed by atoms with van der Waals surface area (Å²) in [5.41, 5.74) is 6.55. The van der Waals surface area contributed by atoms with Crippen molar-refractivity contribution >= 4 is 17.4 Å². The second-order valence-electron chi connectivity index (χ2n) is 4.50. The highest BCUT2D eigenvalue weighted by Crippen LogP contribution is 2.24. The van der Waals surface area contributed by atoms with E-state index in [0.717, 1.165) is 44.0 Å². The van der Waals surface area contributed by atoms with E-state index in [1.54, 1.807) is 0 Å². The maximum atomic E-state index is 6.26. The van der Waals surface area contributed by atoms with Crippen LogP contribution in [0.1, 0.15) is 12.0 Å². The van der Waals surface area contributed by atoms with Gasteiger partial charge < -0.3 is 15.5 Å². The zero-order valence-corrected chi connectivity index (χ0v) is 11.0. The van der Waals surface area contributed by atoms with E-state index >= 15 is 0 Å². The summed E-state index contributed by atoms with van der Waals surface area (Å²) in [4.78, 5) is 9.03. The number of halogens is 1. The second kappa shape index (κ2) is 5.67. The predicted molar refractivity (Wildman–Crippen MR) is 71.5 cm³/mol. The number of likely N-dealkylation sites (N-methyl/N-ethyl adjacent to an activating group) is 1. The standard InChI is InChI=1S/C12H19ClN4/c1-16-3-2-4-17(6-5-16)12-11(13)7-10(8-14)9-15-12/h7,9H,2-6,8,14H2,1H3. The van der Waals surface area contributed by atoms with Crippen molar-refractivity contribution in [3.05, 3.63) is 22.8 Å². The summed E-state index contributed by atoms with van der Waals surface area (Å²) < 4.78 is 0. The van der Waals surface area contributed by atoms with Gasteiger partial charge in [-0.15, -0.1) is 0 Å². The summed E-state index contributed by atoms with van der Waals surface area (Å²) in [5, 5.41) is 0.706. The van der Waals surface area contributed by atoms with Crippen LogP contribution in [0.4, 0.5) is 5.82 Å².